The lowest BCUT2D eigenvalue weighted by molar-refractivity contribution is -0.167. The van der Waals surface area contributed by atoms with Crippen LogP contribution in [0.2, 0.25) is 0 Å². The van der Waals surface area contributed by atoms with Crippen molar-refractivity contribution < 1.29 is 28.6 Å². The van der Waals surface area contributed by atoms with Crippen molar-refractivity contribution >= 4 is 17.9 Å². The predicted octanol–water partition coefficient (Wildman–Crippen LogP) is 17.5. The zero-order chi connectivity index (χ0) is 43.8. The maximum absolute atomic E-state index is 12.8. The quantitative estimate of drug-likeness (QED) is 0.0345. The van der Waals surface area contributed by atoms with Gasteiger partial charge in [0.2, 0.25) is 0 Å². The maximum atomic E-state index is 12.8. The summed E-state index contributed by atoms with van der Waals surface area (Å²) >= 11 is 0. The number of carbonyl (C=O) groups is 3. The van der Waals surface area contributed by atoms with Gasteiger partial charge in [0, 0.05) is 19.3 Å². The smallest absolute Gasteiger partial charge is 0.306 e. The van der Waals surface area contributed by atoms with Gasteiger partial charge in [-0.25, -0.2) is 0 Å². The molecular formula is C54H104O6. The molecule has 0 aliphatic heterocycles. The van der Waals surface area contributed by atoms with Gasteiger partial charge < -0.3 is 14.2 Å². The van der Waals surface area contributed by atoms with Crippen molar-refractivity contribution in [2.45, 2.75) is 310 Å². The van der Waals surface area contributed by atoms with E-state index in [9.17, 15) is 14.4 Å². The highest BCUT2D eigenvalue weighted by Gasteiger charge is 2.19. The van der Waals surface area contributed by atoms with Crippen LogP contribution in [0.3, 0.4) is 0 Å². The van der Waals surface area contributed by atoms with Crippen LogP contribution < -0.4 is 0 Å². The van der Waals surface area contributed by atoms with E-state index < -0.39 is 6.10 Å². The van der Waals surface area contributed by atoms with Crippen LogP contribution in [0.25, 0.3) is 0 Å². The number of ether oxygens (including phenoxy) is 3. The molecule has 0 aliphatic carbocycles. The minimum Gasteiger partial charge on any atom is -0.462 e. The van der Waals surface area contributed by atoms with Crippen LogP contribution in [0.4, 0.5) is 0 Å². The minimum atomic E-state index is -0.761. The normalized spacial score (nSPS) is 11.9. The fourth-order valence-corrected chi connectivity index (χ4v) is 8.22. The summed E-state index contributed by atoms with van der Waals surface area (Å²) in [4.78, 5) is 37.9. The van der Waals surface area contributed by atoms with Crippen molar-refractivity contribution in [3.8, 4) is 0 Å². The van der Waals surface area contributed by atoms with Crippen LogP contribution in [0, 0.1) is 5.92 Å². The lowest BCUT2D eigenvalue weighted by Crippen LogP contribution is -2.30. The Morgan fingerprint density at radius 2 is 0.550 bits per heavy atom. The molecule has 0 rings (SSSR count). The first kappa shape index (κ1) is 58.4. The largest absolute Gasteiger partial charge is 0.462 e. The molecule has 0 N–H and O–H groups in total. The molecule has 6 nitrogen and oxygen atoms in total. The summed E-state index contributed by atoms with van der Waals surface area (Å²) in [5.74, 6) is -0.0641. The molecule has 0 aromatic heterocycles. The molecule has 0 saturated carbocycles. The van der Waals surface area contributed by atoms with Crippen LogP contribution in [0.15, 0.2) is 0 Å². The molecule has 0 bridgehead atoms. The van der Waals surface area contributed by atoms with Gasteiger partial charge in [0.1, 0.15) is 13.2 Å². The molecule has 0 radical (unpaired) electrons. The van der Waals surface area contributed by atoms with Gasteiger partial charge in [0.15, 0.2) is 6.10 Å². The number of rotatable bonds is 49. The highest BCUT2D eigenvalue weighted by atomic mass is 16.6. The Labute approximate surface area is 374 Å². The van der Waals surface area contributed by atoms with Gasteiger partial charge in [0.25, 0.3) is 0 Å². The van der Waals surface area contributed by atoms with Crippen molar-refractivity contribution in [2.75, 3.05) is 13.2 Å². The summed E-state index contributed by atoms with van der Waals surface area (Å²) in [6.45, 7) is 8.99. The Hall–Kier alpha value is -1.59. The van der Waals surface area contributed by atoms with Gasteiger partial charge in [0.05, 0.1) is 0 Å². The number of carbonyl (C=O) groups excluding carboxylic acids is 3. The molecule has 0 heterocycles. The van der Waals surface area contributed by atoms with E-state index in [4.69, 9.17) is 14.2 Å². The average Bonchev–Trinajstić information content (AvgIpc) is 3.23. The third-order valence-corrected chi connectivity index (χ3v) is 12.3. The third-order valence-electron chi connectivity index (χ3n) is 12.3. The summed E-state index contributed by atoms with van der Waals surface area (Å²) in [6.07, 6.45) is 51.0. The van der Waals surface area contributed by atoms with E-state index in [2.05, 4.69) is 27.7 Å². The van der Waals surface area contributed by atoms with Crippen LogP contribution in [-0.4, -0.2) is 37.2 Å². The molecular weight excluding hydrogens is 745 g/mol. The molecule has 60 heavy (non-hydrogen) atoms. The second-order valence-corrected chi connectivity index (χ2v) is 19.0. The maximum Gasteiger partial charge on any atom is 0.306 e. The van der Waals surface area contributed by atoms with Crippen molar-refractivity contribution in [1.29, 1.82) is 0 Å². The fraction of sp³-hybridized carbons (Fsp3) is 0.944. The Bertz CT molecular complexity index is 903. The van der Waals surface area contributed by atoms with E-state index >= 15 is 0 Å². The van der Waals surface area contributed by atoms with Crippen LogP contribution in [0.5, 0.6) is 0 Å². The van der Waals surface area contributed by atoms with Gasteiger partial charge >= 0.3 is 17.9 Å². The highest BCUT2D eigenvalue weighted by Crippen LogP contribution is 2.17. The first-order valence-electron chi connectivity index (χ1n) is 26.9. The lowest BCUT2D eigenvalue weighted by Gasteiger charge is -2.18. The summed E-state index contributed by atoms with van der Waals surface area (Å²) < 4.78 is 16.8. The molecule has 1 atom stereocenters. The van der Waals surface area contributed by atoms with Crippen LogP contribution in [0.1, 0.15) is 304 Å². The Morgan fingerprint density at radius 1 is 0.317 bits per heavy atom. The van der Waals surface area contributed by atoms with E-state index in [0.717, 1.165) is 63.7 Å². The van der Waals surface area contributed by atoms with Crippen LogP contribution in [-0.2, 0) is 28.6 Å². The first-order valence-corrected chi connectivity index (χ1v) is 26.9. The molecule has 0 fully saturated rings. The van der Waals surface area contributed by atoms with Crippen molar-refractivity contribution in [3.63, 3.8) is 0 Å². The van der Waals surface area contributed by atoms with Crippen molar-refractivity contribution in [1.82, 2.24) is 0 Å². The summed E-state index contributed by atoms with van der Waals surface area (Å²) in [5, 5.41) is 0. The average molecular weight is 849 g/mol. The molecule has 0 saturated heterocycles. The summed E-state index contributed by atoms with van der Waals surface area (Å²) in [5.41, 5.74) is 0. The second-order valence-electron chi connectivity index (χ2n) is 19.0. The van der Waals surface area contributed by atoms with Crippen LogP contribution >= 0.6 is 0 Å². The zero-order valence-corrected chi connectivity index (χ0v) is 40.9. The van der Waals surface area contributed by atoms with Gasteiger partial charge in [-0.3, -0.25) is 14.4 Å². The molecule has 356 valence electrons. The SMILES string of the molecule is CCCCCCCCCCCCCCCCCCCCCC(=O)OC[C@H](COC(=O)CCCCCCCCCC(C)C)OC(=O)CCCCCCCCCCCCCCC. The standard InChI is InChI=1S/C54H104O6/c1-5-7-9-11-13-15-17-19-20-21-22-23-24-26-27-29-33-37-41-45-52(55)58-48-51(49-59-53(56)46-42-38-35-31-32-36-40-44-50(3)4)60-54(57)47-43-39-34-30-28-25-18-16-14-12-10-8-6-2/h50-51H,5-49H2,1-4H3/t51-/m1/s1. The van der Waals surface area contributed by atoms with E-state index in [0.29, 0.717) is 19.3 Å². The molecule has 0 unspecified atom stereocenters. The molecule has 6 heteroatoms. The Morgan fingerprint density at radius 3 is 0.817 bits per heavy atom. The van der Waals surface area contributed by atoms with E-state index in [-0.39, 0.29) is 31.1 Å². The zero-order valence-electron chi connectivity index (χ0n) is 40.9. The number of unbranched alkanes of at least 4 members (excludes halogenated alkanes) is 36. The third kappa shape index (κ3) is 47.5. The Kier molecular flexibility index (Phi) is 47.2. The first-order chi connectivity index (χ1) is 29.4. The van der Waals surface area contributed by atoms with Gasteiger partial charge in [-0.05, 0) is 25.2 Å². The minimum absolute atomic E-state index is 0.0631. The van der Waals surface area contributed by atoms with Crippen molar-refractivity contribution in [3.05, 3.63) is 0 Å². The number of esters is 3. The lowest BCUT2D eigenvalue weighted by atomic mass is 10.0. The summed E-state index contributed by atoms with van der Waals surface area (Å²) in [7, 11) is 0. The Balaban J connectivity index is 4.23. The highest BCUT2D eigenvalue weighted by molar-refractivity contribution is 5.71. The topological polar surface area (TPSA) is 78.9 Å². The molecule has 0 spiro atoms. The molecule has 0 aromatic rings. The van der Waals surface area contributed by atoms with Gasteiger partial charge in [-0.2, -0.15) is 0 Å². The van der Waals surface area contributed by atoms with E-state index in [1.807, 2.05) is 0 Å². The van der Waals surface area contributed by atoms with E-state index in [1.54, 1.807) is 0 Å². The predicted molar refractivity (Wildman–Crippen MR) is 257 cm³/mol. The van der Waals surface area contributed by atoms with Gasteiger partial charge in [-0.15, -0.1) is 0 Å². The van der Waals surface area contributed by atoms with Gasteiger partial charge in [-0.1, -0.05) is 265 Å². The fourth-order valence-electron chi connectivity index (χ4n) is 8.22. The molecule has 0 amide bonds. The monoisotopic (exact) mass is 849 g/mol. The van der Waals surface area contributed by atoms with E-state index in [1.165, 1.54) is 199 Å². The molecule has 0 aromatic carbocycles. The summed E-state index contributed by atoms with van der Waals surface area (Å²) in [6, 6.07) is 0. The number of hydrogen-bond donors (Lipinski definition) is 0. The van der Waals surface area contributed by atoms with Crippen molar-refractivity contribution in [2.24, 2.45) is 5.92 Å². The second kappa shape index (κ2) is 48.4. The number of hydrogen-bond acceptors (Lipinski definition) is 6. The molecule has 0 aliphatic rings.